The Morgan fingerprint density at radius 3 is 2.43 bits per heavy atom. The standard InChI is InChI=1S/C17H25NO3/c1-11(10-17(3,4)5)8-15(19)18-14-9-13(16(20)21)7-6-12(14)2/h6-7,9,11H,8,10H2,1-5H3,(H,18,19)(H,20,21). The molecule has 0 bridgehead atoms. The van der Waals surface area contributed by atoms with E-state index in [2.05, 4.69) is 33.0 Å². The second-order valence-corrected chi connectivity index (χ2v) is 6.96. The van der Waals surface area contributed by atoms with E-state index >= 15 is 0 Å². The van der Waals surface area contributed by atoms with Crippen LogP contribution in [-0.4, -0.2) is 17.0 Å². The highest BCUT2D eigenvalue weighted by Crippen LogP contribution is 2.26. The number of hydrogen-bond acceptors (Lipinski definition) is 2. The monoisotopic (exact) mass is 291 g/mol. The SMILES string of the molecule is Cc1ccc(C(=O)O)cc1NC(=O)CC(C)CC(C)(C)C. The molecule has 1 amide bonds. The van der Waals surface area contributed by atoms with Gasteiger partial charge in [-0.2, -0.15) is 0 Å². The second kappa shape index (κ2) is 6.74. The maximum absolute atomic E-state index is 12.1. The Kier molecular flexibility index (Phi) is 5.53. The van der Waals surface area contributed by atoms with Gasteiger partial charge in [-0.05, 0) is 42.4 Å². The maximum atomic E-state index is 12.1. The number of amides is 1. The lowest BCUT2D eigenvalue weighted by atomic mass is 9.84. The fourth-order valence-corrected chi connectivity index (χ4v) is 2.52. The average molecular weight is 291 g/mol. The number of carbonyl (C=O) groups excluding carboxylic acids is 1. The fourth-order valence-electron chi connectivity index (χ4n) is 2.52. The Morgan fingerprint density at radius 1 is 1.29 bits per heavy atom. The molecule has 0 aliphatic carbocycles. The molecule has 0 spiro atoms. The number of carboxylic acids is 1. The minimum absolute atomic E-state index is 0.0719. The van der Waals surface area contributed by atoms with E-state index in [-0.39, 0.29) is 22.8 Å². The van der Waals surface area contributed by atoms with Gasteiger partial charge in [-0.1, -0.05) is 33.8 Å². The lowest BCUT2D eigenvalue weighted by Crippen LogP contribution is -2.19. The summed E-state index contributed by atoms with van der Waals surface area (Å²) in [6.07, 6.45) is 1.41. The smallest absolute Gasteiger partial charge is 0.335 e. The Labute approximate surface area is 126 Å². The molecule has 0 saturated carbocycles. The summed E-state index contributed by atoms with van der Waals surface area (Å²) in [5, 5.41) is 11.8. The van der Waals surface area contributed by atoms with E-state index in [1.807, 2.05) is 6.92 Å². The van der Waals surface area contributed by atoms with Gasteiger partial charge in [0.1, 0.15) is 0 Å². The molecule has 0 radical (unpaired) electrons. The zero-order chi connectivity index (χ0) is 16.2. The van der Waals surface area contributed by atoms with E-state index in [9.17, 15) is 9.59 Å². The highest BCUT2D eigenvalue weighted by atomic mass is 16.4. The molecule has 0 aliphatic rings. The summed E-state index contributed by atoms with van der Waals surface area (Å²) in [5.74, 6) is -0.781. The minimum atomic E-state index is -0.994. The number of carboxylic acid groups (broad SMARTS) is 1. The highest BCUT2D eigenvalue weighted by molar-refractivity contribution is 5.94. The van der Waals surface area contributed by atoms with Crippen LogP contribution in [0.5, 0.6) is 0 Å². The first-order valence-electron chi connectivity index (χ1n) is 7.22. The third-order valence-electron chi connectivity index (χ3n) is 3.25. The molecule has 1 unspecified atom stereocenters. The van der Waals surface area contributed by atoms with Crippen molar-refractivity contribution in [3.63, 3.8) is 0 Å². The van der Waals surface area contributed by atoms with Gasteiger partial charge >= 0.3 is 5.97 Å². The number of anilines is 1. The van der Waals surface area contributed by atoms with Crippen molar-refractivity contribution < 1.29 is 14.7 Å². The Morgan fingerprint density at radius 2 is 1.90 bits per heavy atom. The van der Waals surface area contributed by atoms with Crippen molar-refractivity contribution in [2.24, 2.45) is 11.3 Å². The van der Waals surface area contributed by atoms with Crippen LogP contribution in [0.1, 0.15) is 56.5 Å². The Hall–Kier alpha value is -1.84. The molecule has 1 rings (SSSR count). The van der Waals surface area contributed by atoms with Crippen LogP contribution >= 0.6 is 0 Å². The molecular weight excluding hydrogens is 266 g/mol. The van der Waals surface area contributed by atoms with Crippen LogP contribution in [-0.2, 0) is 4.79 Å². The summed E-state index contributed by atoms with van der Waals surface area (Å²) in [4.78, 5) is 23.1. The molecule has 1 atom stereocenters. The van der Waals surface area contributed by atoms with Crippen LogP contribution in [0, 0.1) is 18.3 Å². The summed E-state index contributed by atoms with van der Waals surface area (Å²) in [6, 6.07) is 4.75. The van der Waals surface area contributed by atoms with Gasteiger partial charge in [0.2, 0.25) is 5.91 Å². The van der Waals surface area contributed by atoms with Gasteiger partial charge < -0.3 is 10.4 Å². The molecule has 0 fully saturated rings. The first-order chi connectivity index (χ1) is 9.58. The lowest BCUT2D eigenvalue weighted by molar-refractivity contribution is -0.117. The van der Waals surface area contributed by atoms with E-state index in [0.29, 0.717) is 12.1 Å². The molecule has 0 heterocycles. The summed E-state index contributed by atoms with van der Waals surface area (Å²) in [5.41, 5.74) is 1.80. The molecule has 0 saturated heterocycles. The molecule has 116 valence electrons. The van der Waals surface area contributed by atoms with Gasteiger partial charge in [0.05, 0.1) is 5.56 Å². The summed E-state index contributed by atoms with van der Waals surface area (Å²) in [6.45, 7) is 10.4. The van der Waals surface area contributed by atoms with Crippen molar-refractivity contribution in [1.29, 1.82) is 0 Å². The summed E-state index contributed by atoms with van der Waals surface area (Å²) < 4.78 is 0. The second-order valence-electron chi connectivity index (χ2n) is 6.96. The number of carbonyl (C=O) groups is 2. The van der Waals surface area contributed by atoms with E-state index in [1.165, 1.54) is 12.1 Å². The number of aromatic carboxylic acids is 1. The fraction of sp³-hybridized carbons (Fsp3) is 0.529. The number of rotatable bonds is 5. The van der Waals surface area contributed by atoms with E-state index in [0.717, 1.165) is 12.0 Å². The molecule has 0 aliphatic heterocycles. The van der Waals surface area contributed by atoms with Crippen molar-refractivity contribution in [2.45, 2.75) is 47.5 Å². The van der Waals surface area contributed by atoms with Crippen molar-refractivity contribution >= 4 is 17.6 Å². The zero-order valence-corrected chi connectivity index (χ0v) is 13.5. The first kappa shape index (κ1) is 17.2. The predicted molar refractivity (Wildman–Crippen MR) is 84.6 cm³/mol. The van der Waals surface area contributed by atoms with E-state index < -0.39 is 5.97 Å². The zero-order valence-electron chi connectivity index (χ0n) is 13.5. The van der Waals surface area contributed by atoms with Crippen LogP contribution < -0.4 is 5.32 Å². The molecule has 21 heavy (non-hydrogen) atoms. The van der Waals surface area contributed by atoms with Gasteiger partial charge in [-0.3, -0.25) is 4.79 Å². The quantitative estimate of drug-likeness (QED) is 0.858. The van der Waals surface area contributed by atoms with Crippen molar-refractivity contribution in [2.75, 3.05) is 5.32 Å². The van der Waals surface area contributed by atoms with Crippen LogP contribution in [0.4, 0.5) is 5.69 Å². The minimum Gasteiger partial charge on any atom is -0.478 e. The van der Waals surface area contributed by atoms with Crippen LogP contribution in [0.15, 0.2) is 18.2 Å². The van der Waals surface area contributed by atoms with E-state index in [1.54, 1.807) is 6.07 Å². The molecular formula is C17H25NO3. The average Bonchev–Trinajstić information content (AvgIpc) is 2.28. The highest BCUT2D eigenvalue weighted by Gasteiger charge is 2.18. The topological polar surface area (TPSA) is 66.4 Å². The van der Waals surface area contributed by atoms with Crippen molar-refractivity contribution in [1.82, 2.24) is 0 Å². The van der Waals surface area contributed by atoms with Gasteiger partial charge in [0.15, 0.2) is 0 Å². The molecule has 1 aromatic rings. The largest absolute Gasteiger partial charge is 0.478 e. The number of aryl methyl sites for hydroxylation is 1. The van der Waals surface area contributed by atoms with Gasteiger partial charge in [-0.25, -0.2) is 4.79 Å². The van der Waals surface area contributed by atoms with Gasteiger partial charge in [-0.15, -0.1) is 0 Å². The van der Waals surface area contributed by atoms with Gasteiger partial charge in [0.25, 0.3) is 0 Å². The Balaban J connectivity index is 2.71. The lowest BCUT2D eigenvalue weighted by Gasteiger charge is -2.23. The summed E-state index contributed by atoms with van der Waals surface area (Å²) in [7, 11) is 0. The van der Waals surface area contributed by atoms with Crippen LogP contribution in [0.3, 0.4) is 0 Å². The molecule has 4 nitrogen and oxygen atoms in total. The number of nitrogens with one attached hydrogen (secondary N) is 1. The molecule has 4 heteroatoms. The number of hydrogen-bond donors (Lipinski definition) is 2. The predicted octanol–water partition coefficient (Wildman–Crippen LogP) is 4.09. The van der Waals surface area contributed by atoms with Crippen molar-refractivity contribution in [3.8, 4) is 0 Å². The molecule has 0 aromatic heterocycles. The van der Waals surface area contributed by atoms with Crippen molar-refractivity contribution in [3.05, 3.63) is 29.3 Å². The molecule has 1 aromatic carbocycles. The number of benzene rings is 1. The maximum Gasteiger partial charge on any atom is 0.335 e. The van der Waals surface area contributed by atoms with Crippen LogP contribution in [0.2, 0.25) is 0 Å². The summed E-state index contributed by atoms with van der Waals surface area (Å²) >= 11 is 0. The third-order valence-corrected chi connectivity index (χ3v) is 3.25. The first-order valence-corrected chi connectivity index (χ1v) is 7.22. The Bertz CT molecular complexity index is 529. The van der Waals surface area contributed by atoms with Crippen LogP contribution in [0.25, 0.3) is 0 Å². The third kappa shape index (κ3) is 5.98. The van der Waals surface area contributed by atoms with Gasteiger partial charge in [0, 0.05) is 12.1 Å². The molecule has 2 N–H and O–H groups in total. The normalized spacial score (nSPS) is 12.8. The van der Waals surface area contributed by atoms with E-state index in [4.69, 9.17) is 5.11 Å².